The molecule has 2 unspecified atom stereocenters. The van der Waals surface area contributed by atoms with Crippen molar-refractivity contribution in [2.45, 2.75) is 46.5 Å². The van der Waals surface area contributed by atoms with Gasteiger partial charge in [-0.05, 0) is 31.1 Å². The molecule has 12 heavy (non-hydrogen) atoms. The summed E-state index contributed by atoms with van der Waals surface area (Å²) in [5.41, 5.74) is 0. The average molecular weight is 168 g/mol. The smallest absolute Gasteiger partial charge is 0.136 e. The predicted octanol–water partition coefficient (Wildman–Crippen LogP) is 3.04. The van der Waals surface area contributed by atoms with Crippen molar-refractivity contribution in [3.63, 3.8) is 0 Å². The summed E-state index contributed by atoms with van der Waals surface area (Å²) in [6.45, 7) is 6.58. The molecule has 1 fully saturated rings. The normalized spacial score (nSPS) is 31.2. The van der Waals surface area contributed by atoms with Gasteiger partial charge in [0.2, 0.25) is 0 Å². The molecule has 0 aromatic carbocycles. The lowest BCUT2D eigenvalue weighted by Gasteiger charge is -2.29. The molecule has 1 rings (SSSR count). The number of hydrogen-bond acceptors (Lipinski definition) is 1. The number of rotatable bonds is 2. The summed E-state index contributed by atoms with van der Waals surface area (Å²) in [4.78, 5) is 11.5. The largest absolute Gasteiger partial charge is 0.299 e. The maximum Gasteiger partial charge on any atom is 0.136 e. The number of Topliss-reactive ketones (excluding diaryl/α,β-unsaturated/α-hetero) is 1. The molecule has 0 saturated heterocycles. The number of carbonyl (C=O) groups is 1. The van der Waals surface area contributed by atoms with E-state index in [2.05, 4.69) is 20.8 Å². The second-order valence-electron chi connectivity index (χ2n) is 4.36. The third-order valence-corrected chi connectivity index (χ3v) is 3.24. The second kappa shape index (κ2) is 4.06. The van der Waals surface area contributed by atoms with Crippen LogP contribution in [0.1, 0.15) is 46.5 Å². The van der Waals surface area contributed by atoms with Crippen LogP contribution in [-0.2, 0) is 4.79 Å². The number of hydrogen-bond donors (Lipinski definition) is 0. The van der Waals surface area contributed by atoms with Gasteiger partial charge in [0.1, 0.15) is 5.78 Å². The summed E-state index contributed by atoms with van der Waals surface area (Å²) in [5, 5.41) is 0. The standard InChI is InChI=1S/C11H20O/c1-4-9-5-6-10(8(2)3)7-11(9)12/h8-10H,4-7H2,1-3H3. The minimum absolute atomic E-state index is 0.389. The Labute approximate surface area is 75.5 Å². The van der Waals surface area contributed by atoms with E-state index in [0.717, 1.165) is 19.3 Å². The molecule has 0 spiro atoms. The Hall–Kier alpha value is -0.330. The van der Waals surface area contributed by atoms with Gasteiger partial charge in [-0.1, -0.05) is 20.8 Å². The first kappa shape index (κ1) is 9.76. The van der Waals surface area contributed by atoms with Crippen molar-refractivity contribution in [3.05, 3.63) is 0 Å². The maximum atomic E-state index is 11.5. The number of carbonyl (C=O) groups excluding carboxylic acids is 1. The molecule has 0 radical (unpaired) electrons. The summed E-state index contributed by atoms with van der Waals surface area (Å²) in [6.07, 6.45) is 4.29. The van der Waals surface area contributed by atoms with Gasteiger partial charge < -0.3 is 0 Å². The highest BCUT2D eigenvalue weighted by molar-refractivity contribution is 5.81. The maximum absolute atomic E-state index is 11.5. The Morgan fingerprint density at radius 1 is 1.42 bits per heavy atom. The molecule has 0 aromatic rings. The minimum Gasteiger partial charge on any atom is -0.299 e. The van der Waals surface area contributed by atoms with Crippen LogP contribution in [0.5, 0.6) is 0 Å². The first-order valence-electron chi connectivity index (χ1n) is 5.17. The van der Waals surface area contributed by atoms with Crippen molar-refractivity contribution in [2.75, 3.05) is 0 Å². The lowest BCUT2D eigenvalue weighted by atomic mass is 9.75. The van der Waals surface area contributed by atoms with Gasteiger partial charge in [0.05, 0.1) is 0 Å². The first-order chi connectivity index (χ1) is 5.65. The van der Waals surface area contributed by atoms with Crippen LogP contribution in [0.2, 0.25) is 0 Å². The summed E-state index contributed by atoms with van der Waals surface area (Å²) < 4.78 is 0. The summed E-state index contributed by atoms with van der Waals surface area (Å²) in [7, 11) is 0. The molecule has 0 amide bonds. The molecule has 0 heterocycles. The van der Waals surface area contributed by atoms with Crippen LogP contribution in [0.3, 0.4) is 0 Å². The molecular weight excluding hydrogens is 148 g/mol. The van der Waals surface area contributed by atoms with Crippen LogP contribution >= 0.6 is 0 Å². The molecule has 1 saturated carbocycles. The number of ketones is 1. The molecule has 1 heteroatoms. The van der Waals surface area contributed by atoms with Gasteiger partial charge in [0.25, 0.3) is 0 Å². The summed E-state index contributed by atoms with van der Waals surface area (Å²) in [5.74, 6) is 2.26. The molecule has 0 N–H and O–H groups in total. The van der Waals surface area contributed by atoms with E-state index >= 15 is 0 Å². The Morgan fingerprint density at radius 3 is 2.50 bits per heavy atom. The fourth-order valence-electron chi connectivity index (χ4n) is 2.10. The highest BCUT2D eigenvalue weighted by Gasteiger charge is 2.28. The van der Waals surface area contributed by atoms with Crippen LogP contribution < -0.4 is 0 Å². The van der Waals surface area contributed by atoms with Crippen molar-refractivity contribution in [2.24, 2.45) is 17.8 Å². The van der Waals surface area contributed by atoms with Gasteiger partial charge in [-0.2, -0.15) is 0 Å². The Balaban J connectivity index is 2.46. The van der Waals surface area contributed by atoms with E-state index in [-0.39, 0.29) is 0 Å². The van der Waals surface area contributed by atoms with E-state index in [9.17, 15) is 4.79 Å². The second-order valence-corrected chi connectivity index (χ2v) is 4.36. The van der Waals surface area contributed by atoms with Crippen LogP contribution in [-0.4, -0.2) is 5.78 Å². The predicted molar refractivity (Wildman–Crippen MR) is 51.0 cm³/mol. The van der Waals surface area contributed by atoms with Gasteiger partial charge in [0.15, 0.2) is 0 Å². The molecule has 1 nitrogen and oxygen atoms in total. The van der Waals surface area contributed by atoms with Gasteiger partial charge in [-0.25, -0.2) is 0 Å². The molecule has 0 aliphatic heterocycles. The van der Waals surface area contributed by atoms with Gasteiger partial charge >= 0.3 is 0 Å². The van der Waals surface area contributed by atoms with Crippen LogP contribution in [0.15, 0.2) is 0 Å². The minimum atomic E-state index is 0.389. The van der Waals surface area contributed by atoms with E-state index in [1.807, 2.05) is 0 Å². The van der Waals surface area contributed by atoms with Gasteiger partial charge in [0, 0.05) is 12.3 Å². The highest BCUT2D eigenvalue weighted by atomic mass is 16.1. The average Bonchev–Trinajstić information content (AvgIpc) is 2.04. The zero-order chi connectivity index (χ0) is 9.14. The lowest BCUT2D eigenvalue weighted by molar-refractivity contribution is -0.126. The van der Waals surface area contributed by atoms with Crippen molar-refractivity contribution < 1.29 is 4.79 Å². The fraction of sp³-hybridized carbons (Fsp3) is 0.909. The molecular formula is C11H20O. The fourth-order valence-corrected chi connectivity index (χ4v) is 2.10. The topological polar surface area (TPSA) is 17.1 Å². The monoisotopic (exact) mass is 168 g/mol. The van der Waals surface area contributed by atoms with E-state index in [0.29, 0.717) is 23.5 Å². The van der Waals surface area contributed by atoms with Crippen molar-refractivity contribution in [3.8, 4) is 0 Å². The summed E-state index contributed by atoms with van der Waals surface area (Å²) >= 11 is 0. The Kier molecular flexibility index (Phi) is 3.30. The van der Waals surface area contributed by atoms with Gasteiger partial charge in [-0.3, -0.25) is 4.79 Å². The molecule has 0 aromatic heterocycles. The third-order valence-electron chi connectivity index (χ3n) is 3.24. The van der Waals surface area contributed by atoms with Crippen molar-refractivity contribution >= 4 is 5.78 Å². The zero-order valence-corrected chi connectivity index (χ0v) is 8.47. The van der Waals surface area contributed by atoms with E-state index in [4.69, 9.17) is 0 Å². The molecule has 0 bridgehead atoms. The lowest BCUT2D eigenvalue weighted by Crippen LogP contribution is -2.26. The first-order valence-corrected chi connectivity index (χ1v) is 5.17. The van der Waals surface area contributed by atoms with Crippen LogP contribution in [0.4, 0.5) is 0 Å². The van der Waals surface area contributed by atoms with E-state index in [1.165, 1.54) is 6.42 Å². The van der Waals surface area contributed by atoms with Crippen LogP contribution in [0.25, 0.3) is 0 Å². The molecule has 70 valence electrons. The van der Waals surface area contributed by atoms with Crippen LogP contribution in [0, 0.1) is 17.8 Å². The summed E-state index contributed by atoms with van der Waals surface area (Å²) in [6, 6.07) is 0. The quantitative estimate of drug-likeness (QED) is 0.619. The molecule has 1 aliphatic carbocycles. The molecule has 2 atom stereocenters. The van der Waals surface area contributed by atoms with Crippen molar-refractivity contribution in [1.82, 2.24) is 0 Å². The molecule has 1 aliphatic rings. The zero-order valence-electron chi connectivity index (χ0n) is 8.47. The Morgan fingerprint density at radius 2 is 2.08 bits per heavy atom. The van der Waals surface area contributed by atoms with Gasteiger partial charge in [-0.15, -0.1) is 0 Å². The van der Waals surface area contributed by atoms with Crippen molar-refractivity contribution in [1.29, 1.82) is 0 Å². The third kappa shape index (κ3) is 2.09. The Bertz CT molecular complexity index is 160. The van der Waals surface area contributed by atoms with E-state index < -0.39 is 0 Å². The SMILES string of the molecule is CCC1CCC(C(C)C)CC1=O. The van der Waals surface area contributed by atoms with E-state index in [1.54, 1.807) is 0 Å². The highest BCUT2D eigenvalue weighted by Crippen LogP contribution is 2.32.